The van der Waals surface area contributed by atoms with E-state index in [1.54, 1.807) is 12.4 Å². The Morgan fingerprint density at radius 3 is 2.56 bits per heavy atom. The molecule has 5 heteroatoms. The number of nitrogens with zero attached hydrogens (tertiary/aromatic N) is 2. The monoisotopic (exact) mass is 302 g/mol. The van der Waals surface area contributed by atoms with Gasteiger partial charge in [-0.05, 0) is 49.7 Å². The molecule has 0 aliphatic rings. The summed E-state index contributed by atoms with van der Waals surface area (Å²) in [7, 11) is 0. The van der Waals surface area contributed by atoms with Crippen molar-refractivity contribution < 1.29 is 4.55 Å². The van der Waals surface area contributed by atoms with Crippen LogP contribution in [0.3, 0.4) is 0 Å². The van der Waals surface area contributed by atoms with Gasteiger partial charge in [-0.25, -0.2) is 0 Å². The van der Waals surface area contributed by atoms with E-state index in [0.29, 0.717) is 0 Å². The van der Waals surface area contributed by atoms with Gasteiger partial charge in [0.05, 0.1) is 5.71 Å². The van der Waals surface area contributed by atoms with Gasteiger partial charge in [0.25, 0.3) is 0 Å². The quantitative estimate of drug-likeness (QED) is 0.622. The summed E-state index contributed by atoms with van der Waals surface area (Å²) in [6.07, 6.45) is 3.42. The molecule has 0 aliphatic carbocycles. The Morgan fingerprint density at radius 2 is 2.06 bits per heavy atom. The van der Waals surface area contributed by atoms with Crippen LogP contribution < -0.4 is 0 Å². The molecule has 0 fully saturated rings. The zero-order chi connectivity index (χ0) is 12.3. The molecule has 3 nitrogen and oxygen atoms in total. The van der Waals surface area contributed by atoms with E-state index in [1.165, 1.54) is 0 Å². The molecule has 0 aliphatic heterocycles. The molecule has 0 unspecified atom stereocenters. The van der Waals surface area contributed by atoms with Crippen molar-refractivity contribution in [1.82, 2.24) is 4.98 Å². The van der Waals surface area contributed by atoms with Crippen LogP contribution in [0, 0.1) is 0 Å². The molecule has 0 saturated heterocycles. The second-order valence-electron chi connectivity index (χ2n) is 4.43. The highest BCUT2D eigenvalue weighted by molar-refractivity contribution is 9.10. The maximum atomic E-state index is 11.8. The highest BCUT2D eigenvalue weighted by Crippen LogP contribution is 2.19. The van der Waals surface area contributed by atoms with E-state index in [2.05, 4.69) is 25.3 Å². The van der Waals surface area contributed by atoms with E-state index in [4.69, 9.17) is 0 Å². The fourth-order valence-corrected chi connectivity index (χ4v) is 1.92. The molecule has 88 valence electrons. The van der Waals surface area contributed by atoms with E-state index in [1.807, 2.05) is 33.8 Å². The minimum absolute atomic E-state index is 0.333. The lowest BCUT2D eigenvalue weighted by Gasteiger charge is -2.18. The first-order valence-corrected chi connectivity index (χ1v) is 6.79. The van der Waals surface area contributed by atoms with Crippen molar-refractivity contribution in [2.75, 3.05) is 0 Å². The van der Waals surface area contributed by atoms with Crippen LogP contribution in [0.1, 0.15) is 33.3 Å². The predicted molar refractivity (Wildman–Crippen MR) is 72.0 cm³/mol. The Labute approximate surface area is 108 Å². The van der Waals surface area contributed by atoms with E-state index in [0.717, 1.165) is 15.7 Å². The molecule has 0 bridgehead atoms. The van der Waals surface area contributed by atoms with Crippen molar-refractivity contribution in [3.63, 3.8) is 0 Å². The van der Waals surface area contributed by atoms with Gasteiger partial charge in [0, 0.05) is 22.4 Å². The second-order valence-corrected chi connectivity index (χ2v) is 7.25. The van der Waals surface area contributed by atoms with Gasteiger partial charge in [0.1, 0.15) is 16.1 Å². The van der Waals surface area contributed by atoms with Crippen LogP contribution in [0.15, 0.2) is 27.3 Å². The minimum atomic E-state index is -1.23. The molecular formula is C11H15BrN2OS. The van der Waals surface area contributed by atoms with Crippen molar-refractivity contribution in [3.8, 4) is 0 Å². The van der Waals surface area contributed by atoms with Gasteiger partial charge >= 0.3 is 0 Å². The summed E-state index contributed by atoms with van der Waals surface area (Å²) >= 11 is 2.11. The molecule has 1 aromatic rings. The Balaban J connectivity index is 2.94. The van der Waals surface area contributed by atoms with Gasteiger partial charge in [-0.15, -0.1) is 0 Å². The number of hydrogen-bond donors (Lipinski definition) is 0. The first-order valence-electron chi connectivity index (χ1n) is 4.89. The summed E-state index contributed by atoms with van der Waals surface area (Å²) in [5.74, 6) is 0. The summed E-state index contributed by atoms with van der Waals surface area (Å²) in [6.45, 7) is 7.55. The van der Waals surface area contributed by atoms with Crippen LogP contribution in [-0.4, -0.2) is 20.0 Å². The third kappa shape index (κ3) is 3.88. The normalized spacial score (nSPS) is 15.0. The number of hydrogen-bond acceptors (Lipinski definition) is 3. The lowest BCUT2D eigenvalue weighted by Crippen LogP contribution is -2.26. The Morgan fingerprint density at radius 1 is 1.44 bits per heavy atom. The third-order valence-electron chi connectivity index (χ3n) is 1.87. The third-order valence-corrected chi connectivity index (χ3v) is 3.79. The first-order chi connectivity index (χ1) is 7.30. The predicted octanol–water partition coefficient (Wildman–Crippen LogP) is 3.12. The Bertz CT molecular complexity index is 401. The fraction of sp³-hybridized carbons (Fsp3) is 0.455. The van der Waals surface area contributed by atoms with Gasteiger partial charge in [-0.1, -0.05) is 4.40 Å². The van der Waals surface area contributed by atoms with Crippen LogP contribution in [0.25, 0.3) is 0 Å². The summed E-state index contributed by atoms with van der Waals surface area (Å²) in [4.78, 5) is 4.05. The fourth-order valence-electron chi connectivity index (χ4n) is 0.924. The largest absolute Gasteiger partial charge is 0.591 e. The van der Waals surface area contributed by atoms with E-state index < -0.39 is 11.4 Å². The molecule has 0 spiro atoms. The number of halogens is 1. The zero-order valence-corrected chi connectivity index (χ0v) is 12.2. The molecule has 1 atom stereocenters. The molecule has 0 N–H and O–H groups in total. The Kier molecular flexibility index (Phi) is 4.52. The standard InChI is InChI=1S/C11H15BrN2OS/c1-8(14-16(15)11(2,3)4)9-5-10(12)7-13-6-9/h5-7H,1-4H3/b14-8+/t16-/m0/s1. The SMILES string of the molecule is C/C(=N\[S@@+]([O-])C(C)(C)C)c1cncc(Br)c1. The topological polar surface area (TPSA) is 48.3 Å². The molecule has 0 aromatic carbocycles. The summed E-state index contributed by atoms with van der Waals surface area (Å²) in [5.41, 5.74) is 1.62. The van der Waals surface area contributed by atoms with Gasteiger partial charge in [-0.2, -0.15) is 0 Å². The number of pyridine rings is 1. The van der Waals surface area contributed by atoms with E-state index in [-0.39, 0.29) is 4.75 Å². The van der Waals surface area contributed by atoms with Crippen molar-refractivity contribution in [2.24, 2.45) is 4.40 Å². The van der Waals surface area contributed by atoms with Crippen LogP contribution in [-0.2, 0) is 11.4 Å². The van der Waals surface area contributed by atoms with Crippen LogP contribution in [0.5, 0.6) is 0 Å². The van der Waals surface area contributed by atoms with Gasteiger partial charge < -0.3 is 4.55 Å². The Hall–Kier alpha value is -0.390. The van der Waals surface area contributed by atoms with E-state index in [9.17, 15) is 4.55 Å². The van der Waals surface area contributed by atoms with Crippen LogP contribution in [0.2, 0.25) is 0 Å². The minimum Gasteiger partial charge on any atom is -0.591 e. The molecule has 16 heavy (non-hydrogen) atoms. The van der Waals surface area contributed by atoms with E-state index >= 15 is 0 Å². The molecule has 1 aromatic heterocycles. The van der Waals surface area contributed by atoms with Crippen molar-refractivity contribution in [2.45, 2.75) is 32.4 Å². The number of rotatable bonds is 2. The van der Waals surface area contributed by atoms with Crippen LogP contribution in [0.4, 0.5) is 0 Å². The second kappa shape index (κ2) is 5.29. The highest BCUT2D eigenvalue weighted by atomic mass is 79.9. The van der Waals surface area contributed by atoms with Crippen molar-refractivity contribution >= 4 is 33.0 Å². The van der Waals surface area contributed by atoms with Gasteiger partial charge in [0.15, 0.2) is 0 Å². The molecule has 1 rings (SSSR count). The lowest BCUT2D eigenvalue weighted by molar-refractivity contribution is 0.561. The molecular weight excluding hydrogens is 288 g/mol. The summed E-state index contributed by atoms with van der Waals surface area (Å²) in [6, 6.07) is 1.91. The number of aromatic nitrogens is 1. The average molecular weight is 303 g/mol. The summed E-state index contributed by atoms with van der Waals surface area (Å²) in [5, 5.41) is 0. The molecule has 1 heterocycles. The van der Waals surface area contributed by atoms with Gasteiger partial charge in [0.2, 0.25) is 0 Å². The van der Waals surface area contributed by atoms with Crippen molar-refractivity contribution in [3.05, 3.63) is 28.5 Å². The highest BCUT2D eigenvalue weighted by Gasteiger charge is 2.26. The zero-order valence-electron chi connectivity index (χ0n) is 9.82. The molecule has 0 saturated carbocycles. The molecule has 0 amide bonds. The maximum Gasteiger partial charge on any atom is 0.144 e. The summed E-state index contributed by atoms with van der Waals surface area (Å²) < 4.78 is 16.6. The van der Waals surface area contributed by atoms with Crippen LogP contribution >= 0.6 is 15.9 Å². The first kappa shape index (κ1) is 13.7. The van der Waals surface area contributed by atoms with Crippen molar-refractivity contribution in [1.29, 1.82) is 0 Å². The average Bonchev–Trinajstić information content (AvgIpc) is 2.16. The molecule has 0 radical (unpaired) electrons. The maximum absolute atomic E-state index is 11.8. The van der Waals surface area contributed by atoms with Gasteiger partial charge in [-0.3, -0.25) is 4.98 Å². The smallest absolute Gasteiger partial charge is 0.144 e. The lowest BCUT2D eigenvalue weighted by atomic mass is 10.2.